The van der Waals surface area contributed by atoms with E-state index in [0.717, 1.165) is 15.9 Å². The molecule has 0 N–H and O–H groups in total. The maximum absolute atomic E-state index is 12.5. The molecule has 0 atom stereocenters. The molecule has 0 unspecified atom stereocenters. The Morgan fingerprint density at radius 2 is 2.04 bits per heavy atom. The second-order valence-electron chi connectivity index (χ2n) is 5.99. The van der Waals surface area contributed by atoms with Gasteiger partial charge in [-0.3, -0.25) is 9.48 Å². The first-order valence-electron chi connectivity index (χ1n) is 7.59. The fourth-order valence-electron chi connectivity index (χ4n) is 2.76. The van der Waals surface area contributed by atoms with Crippen LogP contribution in [0.2, 0.25) is 0 Å². The average Bonchev–Trinajstić information content (AvgIpc) is 3.01. The SMILES string of the molecule is Cc1cccc2sc(=NC(=O)c3cc(C)n(C(C)C)n3)n(C)c12. The molecule has 2 heterocycles. The lowest BCUT2D eigenvalue weighted by molar-refractivity contribution is 0.0992. The van der Waals surface area contributed by atoms with Gasteiger partial charge < -0.3 is 4.57 Å². The molecule has 0 aliphatic rings. The summed E-state index contributed by atoms with van der Waals surface area (Å²) in [4.78, 5) is 17.4. The van der Waals surface area contributed by atoms with Crippen molar-refractivity contribution in [2.24, 2.45) is 12.0 Å². The summed E-state index contributed by atoms with van der Waals surface area (Å²) < 4.78 is 4.94. The molecule has 1 amide bonds. The van der Waals surface area contributed by atoms with E-state index in [9.17, 15) is 4.79 Å². The molecule has 1 aromatic carbocycles. The largest absolute Gasteiger partial charge is 0.319 e. The number of aromatic nitrogens is 3. The van der Waals surface area contributed by atoms with Crippen molar-refractivity contribution in [3.05, 3.63) is 46.0 Å². The highest BCUT2D eigenvalue weighted by Gasteiger charge is 2.14. The summed E-state index contributed by atoms with van der Waals surface area (Å²) in [7, 11) is 1.94. The first-order valence-corrected chi connectivity index (χ1v) is 8.40. The molecule has 2 aromatic heterocycles. The number of para-hydroxylation sites is 1. The van der Waals surface area contributed by atoms with Gasteiger partial charge >= 0.3 is 0 Å². The molecule has 3 rings (SSSR count). The monoisotopic (exact) mass is 328 g/mol. The van der Waals surface area contributed by atoms with E-state index in [-0.39, 0.29) is 11.9 Å². The Bertz CT molecular complexity index is 959. The highest BCUT2D eigenvalue weighted by Crippen LogP contribution is 2.20. The predicted octanol–water partition coefficient (Wildman–Crippen LogP) is 3.38. The van der Waals surface area contributed by atoms with Gasteiger partial charge in [0.15, 0.2) is 10.5 Å². The van der Waals surface area contributed by atoms with E-state index >= 15 is 0 Å². The molecule has 23 heavy (non-hydrogen) atoms. The number of thiazole rings is 1. The third kappa shape index (κ3) is 2.74. The summed E-state index contributed by atoms with van der Waals surface area (Å²) in [6.07, 6.45) is 0. The molecule has 3 aromatic rings. The van der Waals surface area contributed by atoms with Crippen LogP contribution in [0.3, 0.4) is 0 Å². The van der Waals surface area contributed by atoms with E-state index < -0.39 is 0 Å². The van der Waals surface area contributed by atoms with E-state index in [1.165, 1.54) is 16.9 Å². The van der Waals surface area contributed by atoms with Crippen molar-refractivity contribution in [1.29, 1.82) is 0 Å². The van der Waals surface area contributed by atoms with Gasteiger partial charge in [-0.2, -0.15) is 10.1 Å². The first-order chi connectivity index (χ1) is 10.9. The zero-order valence-electron chi connectivity index (χ0n) is 14.0. The van der Waals surface area contributed by atoms with Crippen molar-refractivity contribution in [2.75, 3.05) is 0 Å². The molecule has 0 spiro atoms. The summed E-state index contributed by atoms with van der Waals surface area (Å²) in [5.41, 5.74) is 3.66. The second kappa shape index (κ2) is 5.77. The number of aryl methyl sites for hydroxylation is 3. The van der Waals surface area contributed by atoms with Crippen LogP contribution in [-0.2, 0) is 7.05 Å². The van der Waals surface area contributed by atoms with Gasteiger partial charge in [0.25, 0.3) is 5.91 Å². The Hall–Kier alpha value is -2.21. The van der Waals surface area contributed by atoms with Crippen molar-refractivity contribution < 1.29 is 4.79 Å². The highest BCUT2D eigenvalue weighted by molar-refractivity contribution is 7.16. The van der Waals surface area contributed by atoms with Crippen LogP contribution in [0.4, 0.5) is 0 Å². The number of carbonyl (C=O) groups is 1. The van der Waals surface area contributed by atoms with Crippen molar-refractivity contribution >= 4 is 27.5 Å². The Kier molecular flexibility index (Phi) is 3.93. The Balaban J connectivity index is 2.08. The summed E-state index contributed by atoms with van der Waals surface area (Å²) in [6.45, 7) is 8.10. The lowest BCUT2D eigenvalue weighted by Gasteiger charge is -2.06. The van der Waals surface area contributed by atoms with E-state index in [2.05, 4.69) is 23.1 Å². The van der Waals surface area contributed by atoms with Crippen LogP contribution < -0.4 is 4.80 Å². The van der Waals surface area contributed by atoms with Gasteiger partial charge in [-0.1, -0.05) is 23.5 Å². The van der Waals surface area contributed by atoms with Crippen molar-refractivity contribution in [3.8, 4) is 0 Å². The Morgan fingerprint density at radius 3 is 2.65 bits per heavy atom. The molecule has 5 nitrogen and oxygen atoms in total. The van der Waals surface area contributed by atoms with Gasteiger partial charge in [0.2, 0.25) is 0 Å². The van der Waals surface area contributed by atoms with Crippen LogP contribution in [0.1, 0.15) is 41.6 Å². The van der Waals surface area contributed by atoms with Gasteiger partial charge in [0, 0.05) is 18.8 Å². The second-order valence-corrected chi connectivity index (χ2v) is 7.00. The summed E-state index contributed by atoms with van der Waals surface area (Å²) in [5.74, 6) is -0.299. The van der Waals surface area contributed by atoms with Crippen LogP contribution in [-0.4, -0.2) is 20.3 Å². The third-order valence-electron chi connectivity index (χ3n) is 3.85. The number of fused-ring (bicyclic) bond motifs is 1. The zero-order chi connectivity index (χ0) is 16.7. The Morgan fingerprint density at radius 1 is 1.30 bits per heavy atom. The van der Waals surface area contributed by atoms with Gasteiger partial charge in [0.05, 0.1) is 10.2 Å². The lowest BCUT2D eigenvalue weighted by Crippen LogP contribution is -2.14. The first kappa shape index (κ1) is 15.7. The molecule has 0 fully saturated rings. The number of rotatable bonds is 2. The van der Waals surface area contributed by atoms with Gasteiger partial charge in [-0.25, -0.2) is 0 Å². The quantitative estimate of drug-likeness (QED) is 0.724. The van der Waals surface area contributed by atoms with Gasteiger partial charge in [0.1, 0.15) is 0 Å². The number of hydrogen-bond acceptors (Lipinski definition) is 3. The van der Waals surface area contributed by atoms with Crippen LogP contribution >= 0.6 is 11.3 Å². The van der Waals surface area contributed by atoms with Gasteiger partial charge in [-0.05, 0) is 45.4 Å². The maximum atomic E-state index is 12.5. The molecule has 0 bridgehead atoms. The highest BCUT2D eigenvalue weighted by atomic mass is 32.1. The van der Waals surface area contributed by atoms with E-state index in [4.69, 9.17) is 0 Å². The van der Waals surface area contributed by atoms with Gasteiger partial charge in [-0.15, -0.1) is 0 Å². The molecule has 6 heteroatoms. The van der Waals surface area contributed by atoms with Crippen molar-refractivity contribution in [1.82, 2.24) is 14.3 Å². The minimum Gasteiger partial charge on any atom is -0.319 e. The molecule has 0 aliphatic heterocycles. The summed E-state index contributed by atoms with van der Waals surface area (Å²) in [5, 5.41) is 4.38. The molecule has 0 radical (unpaired) electrons. The molecule has 0 aliphatic carbocycles. The molecular weight excluding hydrogens is 308 g/mol. The third-order valence-corrected chi connectivity index (χ3v) is 4.95. The molecule has 0 saturated heterocycles. The summed E-state index contributed by atoms with van der Waals surface area (Å²) >= 11 is 1.52. The number of amides is 1. The predicted molar refractivity (Wildman–Crippen MR) is 92.8 cm³/mol. The van der Waals surface area contributed by atoms with Crippen LogP contribution in [0, 0.1) is 13.8 Å². The van der Waals surface area contributed by atoms with E-state index in [0.29, 0.717) is 10.5 Å². The average molecular weight is 328 g/mol. The summed E-state index contributed by atoms with van der Waals surface area (Å²) in [6, 6.07) is 8.15. The number of benzene rings is 1. The van der Waals surface area contributed by atoms with E-state index in [1.54, 1.807) is 6.07 Å². The smallest absolute Gasteiger partial charge is 0.300 e. The molecular formula is C17H20N4OS. The molecule has 0 saturated carbocycles. The van der Waals surface area contributed by atoms with Crippen LogP contribution in [0.5, 0.6) is 0 Å². The van der Waals surface area contributed by atoms with Crippen molar-refractivity contribution in [2.45, 2.75) is 33.7 Å². The standard InChI is InChI=1S/C17H20N4OS/c1-10(2)21-12(4)9-13(19-21)16(22)18-17-20(5)15-11(3)7-6-8-14(15)23-17/h6-10H,1-5H3. The number of hydrogen-bond donors (Lipinski definition) is 0. The number of carbonyl (C=O) groups excluding carboxylic acids is 1. The molecule has 120 valence electrons. The van der Waals surface area contributed by atoms with Crippen molar-refractivity contribution in [3.63, 3.8) is 0 Å². The fourth-order valence-corrected chi connectivity index (χ4v) is 3.86. The fraction of sp³-hybridized carbons (Fsp3) is 0.353. The Labute approximate surface area is 138 Å². The zero-order valence-corrected chi connectivity index (χ0v) is 14.8. The van der Waals surface area contributed by atoms with E-state index in [1.807, 2.05) is 49.2 Å². The normalized spacial score (nSPS) is 12.5. The lowest BCUT2D eigenvalue weighted by atomic mass is 10.2. The minimum absolute atomic E-state index is 0.222. The maximum Gasteiger partial charge on any atom is 0.300 e. The topological polar surface area (TPSA) is 52.2 Å². The minimum atomic E-state index is -0.299. The van der Waals surface area contributed by atoms with Crippen LogP contribution in [0.15, 0.2) is 29.3 Å². The van der Waals surface area contributed by atoms with Crippen LogP contribution in [0.25, 0.3) is 10.2 Å². The number of nitrogens with zero attached hydrogens (tertiary/aromatic N) is 4.